The Morgan fingerprint density at radius 1 is 1.00 bits per heavy atom. The van der Waals surface area contributed by atoms with E-state index in [0.717, 1.165) is 11.2 Å². The third-order valence-electron chi connectivity index (χ3n) is 5.12. The molecule has 0 saturated heterocycles. The number of hydrogen-bond donors (Lipinski definition) is 1. The first-order valence-electron chi connectivity index (χ1n) is 10.3. The fourth-order valence-corrected chi connectivity index (χ4v) is 3.83. The van der Waals surface area contributed by atoms with Crippen molar-refractivity contribution in [3.8, 4) is 35.2 Å². The molecule has 0 aliphatic rings. The number of fused-ring (bicyclic) bond motifs is 2. The van der Waals surface area contributed by atoms with Crippen LogP contribution in [0.2, 0.25) is 5.02 Å². The van der Waals surface area contributed by atoms with Gasteiger partial charge in [0.05, 0.1) is 28.7 Å². The number of aryl methyl sites for hydroxylation is 1. The first-order valence-corrected chi connectivity index (χ1v) is 10.7. The maximum atomic E-state index is 9.41. The molecule has 0 spiro atoms. The highest BCUT2D eigenvalue weighted by Gasteiger charge is 2.20. The van der Waals surface area contributed by atoms with E-state index >= 15 is 0 Å². The Morgan fingerprint density at radius 2 is 1.76 bits per heavy atom. The van der Waals surface area contributed by atoms with Crippen LogP contribution in [0.1, 0.15) is 18.2 Å². The van der Waals surface area contributed by atoms with E-state index in [0.29, 0.717) is 50.8 Å². The number of methoxy groups -OCH3 is 1. The van der Waals surface area contributed by atoms with Crippen molar-refractivity contribution in [2.45, 2.75) is 13.3 Å². The van der Waals surface area contributed by atoms with Gasteiger partial charge in [-0.05, 0) is 30.7 Å². The van der Waals surface area contributed by atoms with Crippen LogP contribution in [-0.2, 0) is 6.42 Å². The van der Waals surface area contributed by atoms with Crippen molar-refractivity contribution >= 4 is 33.7 Å². The monoisotopic (exact) mass is 472 g/mol. The van der Waals surface area contributed by atoms with Crippen molar-refractivity contribution < 1.29 is 14.2 Å². The molecule has 0 bridgehead atoms. The van der Waals surface area contributed by atoms with E-state index in [1.54, 1.807) is 48.8 Å². The van der Waals surface area contributed by atoms with E-state index in [-0.39, 0.29) is 11.9 Å². The third kappa shape index (κ3) is 3.91. The van der Waals surface area contributed by atoms with Crippen LogP contribution in [0.4, 0.5) is 0 Å². The van der Waals surface area contributed by atoms with E-state index in [4.69, 9.17) is 25.8 Å². The zero-order valence-corrected chi connectivity index (χ0v) is 18.9. The fourth-order valence-electron chi connectivity index (χ4n) is 3.48. The van der Waals surface area contributed by atoms with Gasteiger partial charge in [0.2, 0.25) is 5.88 Å². The summed E-state index contributed by atoms with van der Waals surface area (Å²) in [6.45, 7) is 1.97. The second-order valence-corrected chi connectivity index (χ2v) is 7.57. The Kier molecular flexibility index (Phi) is 5.57. The lowest BCUT2D eigenvalue weighted by molar-refractivity contribution is 0.407. The van der Waals surface area contributed by atoms with E-state index in [9.17, 15) is 5.26 Å². The van der Waals surface area contributed by atoms with Crippen LogP contribution in [0.25, 0.3) is 22.1 Å². The Balaban J connectivity index is 1.58. The molecule has 34 heavy (non-hydrogen) atoms. The van der Waals surface area contributed by atoms with Crippen molar-refractivity contribution in [1.29, 1.82) is 5.26 Å². The van der Waals surface area contributed by atoms with Gasteiger partial charge in [-0.3, -0.25) is 9.97 Å². The SMILES string of the molecule is CCc1[nH]c2nc(Oc3ccc4nccnc4c3)nc(Oc3ccc(OC)c(C#N)c3)c2c1Cl. The summed E-state index contributed by atoms with van der Waals surface area (Å²) in [6.07, 6.45) is 3.90. The average molecular weight is 473 g/mol. The predicted octanol–water partition coefficient (Wildman–Crippen LogP) is 5.58. The molecule has 2 aromatic carbocycles. The van der Waals surface area contributed by atoms with Gasteiger partial charge in [-0.2, -0.15) is 15.2 Å². The molecular formula is C24H17ClN6O3. The number of nitrogens with one attached hydrogen (secondary N) is 1. The molecule has 0 atom stereocenters. The molecule has 1 N–H and O–H groups in total. The minimum atomic E-state index is 0.0559. The zero-order chi connectivity index (χ0) is 23.7. The standard InChI is InChI=1S/C24H17ClN6O3/c1-3-16-21(25)20-22(29-16)30-24(34-15-4-6-17-18(11-15)28-9-8-27-17)31-23(20)33-14-5-7-19(32-2)13(10-14)12-26/h4-11H,3H2,1-2H3,(H,29,30,31). The number of benzene rings is 2. The molecule has 0 aliphatic heterocycles. The number of H-pyrrole nitrogens is 1. The van der Waals surface area contributed by atoms with Gasteiger partial charge in [0.1, 0.15) is 34.4 Å². The first kappa shape index (κ1) is 21.4. The minimum Gasteiger partial charge on any atom is -0.495 e. The maximum Gasteiger partial charge on any atom is 0.327 e. The predicted molar refractivity (Wildman–Crippen MR) is 126 cm³/mol. The van der Waals surface area contributed by atoms with Gasteiger partial charge in [0.15, 0.2) is 0 Å². The lowest BCUT2D eigenvalue weighted by Gasteiger charge is -2.10. The van der Waals surface area contributed by atoms with Crippen molar-refractivity contribution in [1.82, 2.24) is 24.9 Å². The number of halogens is 1. The molecule has 0 radical (unpaired) electrons. The first-order chi connectivity index (χ1) is 16.6. The van der Waals surface area contributed by atoms with Gasteiger partial charge >= 0.3 is 6.01 Å². The molecule has 0 amide bonds. The molecule has 5 aromatic rings. The number of nitriles is 1. The molecule has 168 valence electrons. The summed E-state index contributed by atoms with van der Waals surface area (Å²) in [5.41, 5.74) is 3.01. The van der Waals surface area contributed by atoms with Crippen molar-refractivity contribution in [2.24, 2.45) is 0 Å². The summed E-state index contributed by atoms with van der Waals surface area (Å²) in [6, 6.07) is 12.3. The zero-order valence-electron chi connectivity index (χ0n) is 18.2. The summed E-state index contributed by atoms with van der Waals surface area (Å²) in [5.74, 6) is 1.51. The van der Waals surface area contributed by atoms with Crippen LogP contribution in [0.3, 0.4) is 0 Å². The Bertz CT molecular complexity index is 1580. The summed E-state index contributed by atoms with van der Waals surface area (Å²) >= 11 is 6.59. The average Bonchev–Trinajstić information content (AvgIpc) is 3.19. The highest BCUT2D eigenvalue weighted by molar-refractivity contribution is 6.36. The van der Waals surface area contributed by atoms with Crippen LogP contribution >= 0.6 is 11.6 Å². The summed E-state index contributed by atoms with van der Waals surface area (Å²) < 4.78 is 17.2. The van der Waals surface area contributed by atoms with E-state index < -0.39 is 0 Å². The van der Waals surface area contributed by atoms with Gasteiger partial charge in [-0.25, -0.2) is 0 Å². The largest absolute Gasteiger partial charge is 0.495 e. The van der Waals surface area contributed by atoms with Crippen LogP contribution in [0, 0.1) is 11.3 Å². The van der Waals surface area contributed by atoms with E-state index in [2.05, 4.69) is 31.0 Å². The van der Waals surface area contributed by atoms with Gasteiger partial charge in [-0.15, -0.1) is 0 Å². The van der Waals surface area contributed by atoms with Crippen molar-refractivity contribution in [3.63, 3.8) is 0 Å². The molecule has 5 rings (SSSR count). The Morgan fingerprint density at radius 3 is 2.53 bits per heavy atom. The van der Waals surface area contributed by atoms with Crippen molar-refractivity contribution in [3.05, 3.63) is 65.1 Å². The van der Waals surface area contributed by atoms with Gasteiger partial charge in [0.25, 0.3) is 0 Å². The van der Waals surface area contributed by atoms with Crippen molar-refractivity contribution in [2.75, 3.05) is 7.11 Å². The third-order valence-corrected chi connectivity index (χ3v) is 5.54. The fraction of sp³-hybridized carbons (Fsp3) is 0.125. The smallest absolute Gasteiger partial charge is 0.327 e. The lowest BCUT2D eigenvalue weighted by atomic mass is 10.2. The van der Waals surface area contributed by atoms with Crippen LogP contribution < -0.4 is 14.2 Å². The summed E-state index contributed by atoms with van der Waals surface area (Å²) in [5, 5.41) is 10.4. The summed E-state index contributed by atoms with van der Waals surface area (Å²) in [7, 11) is 1.50. The molecular weight excluding hydrogens is 456 g/mol. The van der Waals surface area contributed by atoms with Gasteiger partial charge in [-0.1, -0.05) is 18.5 Å². The molecule has 0 aliphatic carbocycles. The number of aromatic nitrogens is 5. The Hall–Kier alpha value is -4.42. The molecule has 0 fully saturated rings. The quantitative estimate of drug-likeness (QED) is 0.340. The molecule has 3 aromatic heterocycles. The van der Waals surface area contributed by atoms with Crippen LogP contribution in [0.5, 0.6) is 29.1 Å². The van der Waals surface area contributed by atoms with E-state index in [1.807, 2.05) is 6.92 Å². The van der Waals surface area contributed by atoms with Gasteiger partial charge in [0, 0.05) is 30.2 Å². The molecule has 3 heterocycles. The van der Waals surface area contributed by atoms with Crippen LogP contribution in [-0.4, -0.2) is 32.0 Å². The molecule has 9 nitrogen and oxygen atoms in total. The normalized spacial score (nSPS) is 10.9. The highest BCUT2D eigenvalue weighted by Crippen LogP contribution is 2.38. The lowest BCUT2D eigenvalue weighted by Crippen LogP contribution is -1.97. The number of ether oxygens (including phenoxy) is 3. The molecule has 0 saturated carbocycles. The number of hydrogen-bond acceptors (Lipinski definition) is 8. The van der Waals surface area contributed by atoms with E-state index in [1.165, 1.54) is 7.11 Å². The second kappa shape index (κ2) is 8.84. The second-order valence-electron chi connectivity index (χ2n) is 7.19. The highest BCUT2D eigenvalue weighted by atomic mass is 35.5. The molecule has 10 heteroatoms. The maximum absolute atomic E-state index is 9.41. The number of rotatable bonds is 6. The Labute approximate surface area is 198 Å². The molecule has 0 unspecified atom stereocenters. The topological polar surface area (TPSA) is 119 Å². The summed E-state index contributed by atoms with van der Waals surface area (Å²) in [4.78, 5) is 20.7. The van der Waals surface area contributed by atoms with Gasteiger partial charge < -0.3 is 19.2 Å². The number of aromatic amines is 1. The van der Waals surface area contributed by atoms with Crippen LogP contribution in [0.15, 0.2) is 48.8 Å². The minimum absolute atomic E-state index is 0.0559. The number of nitrogens with zero attached hydrogens (tertiary/aromatic N) is 5.